The van der Waals surface area contributed by atoms with Gasteiger partial charge in [0.15, 0.2) is 0 Å². The maximum Gasteiger partial charge on any atom is 0.0640 e. The Morgan fingerprint density at radius 1 is 1.30 bits per heavy atom. The van der Waals surface area contributed by atoms with E-state index in [2.05, 4.69) is 43.0 Å². The van der Waals surface area contributed by atoms with Crippen molar-refractivity contribution < 1.29 is 0 Å². The first kappa shape index (κ1) is 15.6. The molecule has 0 amide bonds. The lowest BCUT2D eigenvalue weighted by Gasteiger charge is -2.34. The average Bonchev–Trinajstić information content (AvgIpc) is 2.84. The van der Waals surface area contributed by atoms with Gasteiger partial charge in [0.25, 0.3) is 0 Å². The van der Waals surface area contributed by atoms with Gasteiger partial charge in [-0.3, -0.25) is 4.68 Å². The molecule has 0 bridgehead atoms. The monoisotopic (exact) mass is 277 g/mol. The Bertz CT molecular complexity index is 377. The smallest absolute Gasteiger partial charge is 0.0640 e. The van der Waals surface area contributed by atoms with E-state index >= 15 is 0 Å². The number of nitrogens with one attached hydrogen (secondary N) is 1. The minimum absolute atomic E-state index is 0.564. The van der Waals surface area contributed by atoms with E-state index in [-0.39, 0.29) is 0 Å². The number of rotatable bonds is 9. The summed E-state index contributed by atoms with van der Waals surface area (Å²) in [7, 11) is 0. The fourth-order valence-electron chi connectivity index (χ4n) is 3.16. The normalized spacial score (nSPS) is 17.4. The van der Waals surface area contributed by atoms with Crippen LogP contribution in [-0.2, 0) is 6.42 Å². The van der Waals surface area contributed by atoms with Gasteiger partial charge in [-0.15, -0.1) is 0 Å². The van der Waals surface area contributed by atoms with Crippen molar-refractivity contribution in [3.8, 4) is 0 Å². The molecule has 1 aliphatic rings. The molecule has 1 N–H and O–H groups in total. The van der Waals surface area contributed by atoms with Crippen molar-refractivity contribution in [3.63, 3.8) is 0 Å². The first-order valence-electron chi connectivity index (χ1n) is 8.55. The van der Waals surface area contributed by atoms with E-state index in [1.54, 1.807) is 0 Å². The fraction of sp³-hybridized carbons (Fsp3) is 0.824. The van der Waals surface area contributed by atoms with Gasteiger partial charge in [-0.1, -0.05) is 27.2 Å². The molecule has 3 heteroatoms. The lowest BCUT2D eigenvalue weighted by Crippen LogP contribution is -2.41. The SMILES string of the molecule is CCCNC(Cc1ccn(C(CC)CC)n1)C1CCC1. The third-order valence-corrected chi connectivity index (χ3v) is 4.78. The van der Waals surface area contributed by atoms with Gasteiger partial charge in [0.1, 0.15) is 0 Å². The molecule has 1 heterocycles. The largest absolute Gasteiger partial charge is 0.313 e. The molecular formula is C17H31N3. The Morgan fingerprint density at radius 3 is 2.60 bits per heavy atom. The van der Waals surface area contributed by atoms with Gasteiger partial charge in [0.2, 0.25) is 0 Å². The van der Waals surface area contributed by atoms with E-state index in [0.717, 1.165) is 31.7 Å². The van der Waals surface area contributed by atoms with Crippen LogP contribution in [0.25, 0.3) is 0 Å². The lowest BCUT2D eigenvalue weighted by molar-refractivity contribution is 0.226. The quantitative estimate of drug-likeness (QED) is 0.740. The molecule has 20 heavy (non-hydrogen) atoms. The molecule has 1 atom stereocenters. The Morgan fingerprint density at radius 2 is 2.05 bits per heavy atom. The Labute approximate surface area is 124 Å². The number of nitrogens with zero attached hydrogens (tertiary/aromatic N) is 2. The Kier molecular flexibility index (Phi) is 6.08. The first-order valence-corrected chi connectivity index (χ1v) is 8.55. The topological polar surface area (TPSA) is 29.9 Å². The molecule has 1 fully saturated rings. The third-order valence-electron chi connectivity index (χ3n) is 4.78. The second-order valence-corrected chi connectivity index (χ2v) is 6.21. The average molecular weight is 277 g/mol. The van der Waals surface area contributed by atoms with Crippen molar-refractivity contribution in [3.05, 3.63) is 18.0 Å². The van der Waals surface area contributed by atoms with Gasteiger partial charge in [-0.05, 0) is 50.6 Å². The molecule has 1 aromatic heterocycles. The lowest BCUT2D eigenvalue weighted by atomic mass is 9.78. The summed E-state index contributed by atoms with van der Waals surface area (Å²) >= 11 is 0. The summed E-state index contributed by atoms with van der Waals surface area (Å²) in [5.74, 6) is 0.875. The van der Waals surface area contributed by atoms with Crippen LogP contribution in [0.2, 0.25) is 0 Å². The summed E-state index contributed by atoms with van der Waals surface area (Å²) in [6.07, 6.45) is 11.0. The van der Waals surface area contributed by atoms with Crippen LogP contribution >= 0.6 is 0 Å². The fourth-order valence-corrected chi connectivity index (χ4v) is 3.16. The standard InChI is InChI=1S/C17H31N3/c1-4-11-18-17(14-8-7-9-14)13-15-10-12-20(19-15)16(5-2)6-3/h10,12,14,16-18H,4-9,11,13H2,1-3H3. The first-order chi connectivity index (χ1) is 9.78. The molecule has 0 radical (unpaired) electrons. The summed E-state index contributed by atoms with van der Waals surface area (Å²) in [6.45, 7) is 7.87. The van der Waals surface area contributed by atoms with E-state index in [1.165, 1.54) is 31.4 Å². The van der Waals surface area contributed by atoms with Crippen molar-refractivity contribution in [2.75, 3.05) is 6.54 Å². The summed E-state index contributed by atoms with van der Waals surface area (Å²) in [4.78, 5) is 0. The van der Waals surface area contributed by atoms with Crippen LogP contribution < -0.4 is 5.32 Å². The molecule has 0 saturated heterocycles. The molecule has 1 unspecified atom stereocenters. The molecule has 114 valence electrons. The van der Waals surface area contributed by atoms with E-state index in [0.29, 0.717) is 12.1 Å². The van der Waals surface area contributed by atoms with Gasteiger partial charge in [0.05, 0.1) is 11.7 Å². The second-order valence-electron chi connectivity index (χ2n) is 6.21. The van der Waals surface area contributed by atoms with Crippen molar-refractivity contribution in [2.45, 2.75) is 77.8 Å². The maximum atomic E-state index is 4.82. The van der Waals surface area contributed by atoms with Gasteiger partial charge < -0.3 is 5.32 Å². The minimum Gasteiger partial charge on any atom is -0.313 e. The van der Waals surface area contributed by atoms with E-state index in [4.69, 9.17) is 5.10 Å². The molecule has 1 aliphatic carbocycles. The summed E-state index contributed by atoms with van der Waals surface area (Å²) in [5.41, 5.74) is 1.26. The van der Waals surface area contributed by atoms with Crippen molar-refractivity contribution in [2.24, 2.45) is 5.92 Å². The van der Waals surface area contributed by atoms with Crippen LogP contribution in [0, 0.1) is 5.92 Å². The van der Waals surface area contributed by atoms with Crippen LogP contribution in [0.15, 0.2) is 12.3 Å². The highest BCUT2D eigenvalue weighted by molar-refractivity contribution is 5.04. The number of aromatic nitrogens is 2. The van der Waals surface area contributed by atoms with Gasteiger partial charge >= 0.3 is 0 Å². The Balaban J connectivity index is 1.95. The second kappa shape index (κ2) is 7.82. The van der Waals surface area contributed by atoms with Crippen LogP contribution in [0.1, 0.15) is 71.0 Å². The van der Waals surface area contributed by atoms with Gasteiger partial charge in [-0.25, -0.2) is 0 Å². The van der Waals surface area contributed by atoms with E-state index in [1.807, 2.05) is 0 Å². The third kappa shape index (κ3) is 3.85. The van der Waals surface area contributed by atoms with Crippen molar-refractivity contribution in [1.82, 2.24) is 15.1 Å². The van der Waals surface area contributed by atoms with Crippen molar-refractivity contribution >= 4 is 0 Å². The summed E-state index contributed by atoms with van der Waals surface area (Å²) in [6, 6.07) is 3.42. The maximum absolute atomic E-state index is 4.82. The highest BCUT2D eigenvalue weighted by Crippen LogP contribution is 2.31. The Hall–Kier alpha value is -0.830. The zero-order valence-electron chi connectivity index (χ0n) is 13.4. The molecular weight excluding hydrogens is 246 g/mol. The van der Waals surface area contributed by atoms with Gasteiger partial charge in [-0.2, -0.15) is 5.10 Å². The molecule has 0 spiro atoms. The van der Waals surface area contributed by atoms with Crippen molar-refractivity contribution in [1.29, 1.82) is 0 Å². The molecule has 0 aromatic carbocycles. The summed E-state index contributed by atoms with van der Waals surface area (Å²) in [5, 5.41) is 8.55. The van der Waals surface area contributed by atoms with E-state index < -0.39 is 0 Å². The minimum atomic E-state index is 0.564. The zero-order valence-corrected chi connectivity index (χ0v) is 13.4. The molecule has 2 rings (SSSR count). The molecule has 3 nitrogen and oxygen atoms in total. The highest BCUT2D eigenvalue weighted by Gasteiger charge is 2.27. The van der Waals surface area contributed by atoms with Crippen LogP contribution in [0.4, 0.5) is 0 Å². The van der Waals surface area contributed by atoms with Crippen LogP contribution in [0.3, 0.4) is 0 Å². The number of hydrogen-bond donors (Lipinski definition) is 1. The predicted octanol–water partition coefficient (Wildman–Crippen LogP) is 3.96. The molecule has 0 aliphatic heterocycles. The van der Waals surface area contributed by atoms with E-state index in [9.17, 15) is 0 Å². The zero-order chi connectivity index (χ0) is 14.4. The van der Waals surface area contributed by atoms with Crippen LogP contribution in [-0.4, -0.2) is 22.4 Å². The van der Waals surface area contributed by atoms with Gasteiger partial charge in [0, 0.05) is 18.7 Å². The molecule has 1 saturated carbocycles. The summed E-state index contributed by atoms with van der Waals surface area (Å²) < 4.78 is 2.17. The predicted molar refractivity (Wildman–Crippen MR) is 85.0 cm³/mol. The number of hydrogen-bond acceptors (Lipinski definition) is 2. The highest BCUT2D eigenvalue weighted by atomic mass is 15.3. The molecule has 1 aromatic rings. The van der Waals surface area contributed by atoms with Crippen LogP contribution in [0.5, 0.6) is 0 Å².